The van der Waals surface area contributed by atoms with Crippen molar-refractivity contribution >= 4 is 5.65 Å². The van der Waals surface area contributed by atoms with Crippen molar-refractivity contribution in [2.45, 2.75) is 32.4 Å². The van der Waals surface area contributed by atoms with E-state index in [1.54, 1.807) is 36.2 Å². The number of halogens is 3. The molecule has 5 rings (SSSR count). The Morgan fingerprint density at radius 3 is 2.40 bits per heavy atom. The summed E-state index contributed by atoms with van der Waals surface area (Å²) >= 11 is 0. The third-order valence-corrected chi connectivity index (χ3v) is 5.92. The molecule has 35 heavy (non-hydrogen) atoms. The van der Waals surface area contributed by atoms with Crippen molar-refractivity contribution in [3.05, 3.63) is 89.6 Å². The van der Waals surface area contributed by atoms with Gasteiger partial charge in [-0.2, -0.15) is 13.2 Å². The van der Waals surface area contributed by atoms with Crippen LogP contribution in [0.5, 0.6) is 0 Å². The van der Waals surface area contributed by atoms with Gasteiger partial charge in [-0.1, -0.05) is 62.4 Å². The fourth-order valence-electron chi connectivity index (χ4n) is 4.17. The van der Waals surface area contributed by atoms with Crippen LogP contribution in [0, 0.1) is 0 Å². The molecule has 0 unspecified atom stereocenters. The molecule has 6 nitrogen and oxygen atoms in total. The van der Waals surface area contributed by atoms with Gasteiger partial charge in [0.15, 0.2) is 17.2 Å². The molecule has 0 radical (unpaired) electrons. The van der Waals surface area contributed by atoms with Crippen LogP contribution in [0.3, 0.4) is 0 Å². The minimum absolute atomic E-state index is 0.263. The molecule has 0 saturated heterocycles. The molecule has 0 fully saturated rings. The molecule has 2 aromatic carbocycles. The molecular formula is C26H23F3N6. The van der Waals surface area contributed by atoms with Gasteiger partial charge in [-0.15, -0.1) is 5.10 Å². The largest absolute Gasteiger partial charge is 0.434 e. The molecule has 0 aliphatic rings. The summed E-state index contributed by atoms with van der Waals surface area (Å²) in [5.41, 5.74) is 4.47. The monoisotopic (exact) mass is 476 g/mol. The fourth-order valence-corrected chi connectivity index (χ4v) is 4.17. The second-order valence-corrected chi connectivity index (χ2v) is 8.80. The van der Waals surface area contributed by atoms with Crippen LogP contribution in [0.1, 0.15) is 42.1 Å². The van der Waals surface area contributed by atoms with E-state index in [2.05, 4.69) is 35.0 Å². The number of hydrogen-bond acceptors (Lipinski definition) is 4. The quantitative estimate of drug-likeness (QED) is 0.316. The summed E-state index contributed by atoms with van der Waals surface area (Å²) in [6.07, 6.45) is 0.473. The summed E-state index contributed by atoms with van der Waals surface area (Å²) in [5.74, 6) is 1.24. The zero-order valence-corrected chi connectivity index (χ0v) is 19.5. The average molecular weight is 477 g/mol. The molecule has 0 bridgehead atoms. The van der Waals surface area contributed by atoms with Gasteiger partial charge in [-0.3, -0.25) is 0 Å². The standard InChI is InChI=1S/C26H23F3N6/c1-16(2)20-6-4-5-7-21(20)23-32-25-19(13-30-15-35(25)33-23)12-17-8-10-18(11-9-17)24-31-22(14-34(24)3)26(27,28)29/h4-11,13-16H,12H2,1-3H3. The molecule has 0 aliphatic heterocycles. The van der Waals surface area contributed by atoms with Gasteiger partial charge in [0.1, 0.15) is 12.2 Å². The summed E-state index contributed by atoms with van der Waals surface area (Å²) in [4.78, 5) is 12.9. The average Bonchev–Trinajstić information content (AvgIpc) is 3.44. The molecule has 3 aromatic heterocycles. The van der Waals surface area contributed by atoms with E-state index in [0.29, 0.717) is 23.7 Å². The summed E-state index contributed by atoms with van der Waals surface area (Å²) < 4.78 is 42.1. The van der Waals surface area contributed by atoms with E-state index in [9.17, 15) is 13.2 Å². The van der Waals surface area contributed by atoms with Crippen molar-refractivity contribution in [3.8, 4) is 22.8 Å². The maximum Gasteiger partial charge on any atom is 0.434 e. The lowest BCUT2D eigenvalue weighted by atomic mass is 9.97. The number of aromatic nitrogens is 6. The number of aryl methyl sites for hydroxylation is 1. The van der Waals surface area contributed by atoms with Crippen LogP contribution >= 0.6 is 0 Å². The highest BCUT2D eigenvalue weighted by molar-refractivity contribution is 5.64. The van der Waals surface area contributed by atoms with Crippen LogP contribution < -0.4 is 0 Å². The van der Waals surface area contributed by atoms with Crippen molar-refractivity contribution < 1.29 is 13.2 Å². The van der Waals surface area contributed by atoms with Crippen molar-refractivity contribution in [1.82, 2.24) is 29.1 Å². The normalized spacial score (nSPS) is 12.1. The number of rotatable bonds is 5. The van der Waals surface area contributed by atoms with Crippen molar-refractivity contribution in [2.24, 2.45) is 7.05 Å². The number of hydrogen-bond donors (Lipinski definition) is 0. The van der Waals surface area contributed by atoms with Crippen LogP contribution in [0.2, 0.25) is 0 Å². The Bertz CT molecular complexity index is 1500. The number of fused-ring (bicyclic) bond motifs is 1. The lowest BCUT2D eigenvalue weighted by Crippen LogP contribution is -2.04. The predicted octanol–water partition coefficient (Wildman–Crippen LogP) is 5.92. The second-order valence-electron chi connectivity index (χ2n) is 8.80. The van der Waals surface area contributed by atoms with E-state index < -0.39 is 11.9 Å². The molecule has 0 amide bonds. The van der Waals surface area contributed by atoms with Crippen LogP contribution in [0.25, 0.3) is 28.4 Å². The second kappa shape index (κ2) is 8.65. The lowest BCUT2D eigenvalue weighted by molar-refractivity contribution is -0.140. The molecule has 9 heteroatoms. The van der Waals surface area contributed by atoms with Gasteiger partial charge in [-0.25, -0.2) is 19.5 Å². The van der Waals surface area contributed by atoms with Gasteiger partial charge in [0.2, 0.25) is 0 Å². The molecule has 3 heterocycles. The highest BCUT2D eigenvalue weighted by Crippen LogP contribution is 2.31. The van der Waals surface area contributed by atoms with Crippen LogP contribution in [0.15, 0.2) is 67.3 Å². The third-order valence-electron chi connectivity index (χ3n) is 5.92. The van der Waals surface area contributed by atoms with Gasteiger partial charge in [-0.05, 0) is 17.0 Å². The first-order valence-electron chi connectivity index (χ1n) is 11.2. The van der Waals surface area contributed by atoms with E-state index >= 15 is 0 Å². The summed E-state index contributed by atoms with van der Waals surface area (Å²) in [7, 11) is 1.55. The van der Waals surface area contributed by atoms with Crippen LogP contribution in [0.4, 0.5) is 13.2 Å². The van der Waals surface area contributed by atoms with E-state index in [-0.39, 0.29) is 5.82 Å². The minimum atomic E-state index is -4.48. The molecule has 178 valence electrons. The first kappa shape index (κ1) is 22.8. The van der Waals surface area contributed by atoms with Gasteiger partial charge in [0.25, 0.3) is 0 Å². The Labute approximate surface area is 200 Å². The highest BCUT2D eigenvalue weighted by Gasteiger charge is 2.34. The van der Waals surface area contributed by atoms with Crippen molar-refractivity contribution in [2.75, 3.05) is 0 Å². The Hall–Kier alpha value is -4.01. The molecular weight excluding hydrogens is 453 g/mol. The topological polar surface area (TPSA) is 60.9 Å². The third kappa shape index (κ3) is 4.41. The first-order chi connectivity index (χ1) is 16.7. The maximum atomic E-state index is 13.0. The number of benzene rings is 2. The summed E-state index contributed by atoms with van der Waals surface area (Å²) in [6, 6.07) is 15.4. The smallest absolute Gasteiger partial charge is 0.333 e. The molecule has 0 saturated carbocycles. The molecule has 0 spiro atoms. The van der Waals surface area contributed by atoms with E-state index in [1.165, 1.54) is 10.1 Å². The summed E-state index contributed by atoms with van der Waals surface area (Å²) in [6.45, 7) is 4.28. The zero-order chi connectivity index (χ0) is 24.7. The predicted molar refractivity (Wildman–Crippen MR) is 127 cm³/mol. The Balaban J connectivity index is 1.44. The Morgan fingerprint density at radius 2 is 1.71 bits per heavy atom. The molecule has 0 atom stereocenters. The van der Waals surface area contributed by atoms with E-state index in [1.807, 2.05) is 30.3 Å². The minimum Gasteiger partial charge on any atom is -0.333 e. The SMILES string of the molecule is CC(C)c1ccccc1-c1nc2c(Cc3ccc(-c4nc(C(F)(F)F)cn4C)cc3)cncn2n1. The fraction of sp³-hybridized carbons (Fsp3) is 0.231. The number of nitrogens with zero attached hydrogens (tertiary/aromatic N) is 6. The molecule has 5 aromatic rings. The van der Waals surface area contributed by atoms with Gasteiger partial charge in [0, 0.05) is 42.6 Å². The van der Waals surface area contributed by atoms with Crippen molar-refractivity contribution in [1.29, 1.82) is 0 Å². The van der Waals surface area contributed by atoms with Gasteiger partial charge in [0.05, 0.1) is 0 Å². The molecule has 0 N–H and O–H groups in total. The number of imidazole rings is 1. The van der Waals surface area contributed by atoms with Gasteiger partial charge < -0.3 is 4.57 Å². The zero-order valence-electron chi connectivity index (χ0n) is 19.5. The maximum absolute atomic E-state index is 13.0. The van der Waals surface area contributed by atoms with Crippen LogP contribution in [-0.4, -0.2) is 29.1 Å². The van der Waals surface area contributed by atoms with Crippen molar-refractivity contribution in [3.63, 3.8) is 0 Å². The van der Waals surface area contributed by atoms with E-state index in [4.69, 9.17) is 4.98 Å². The molecule has 0 aliphatic carbocycles. The number of alkyl halides is 3. The summed E-state index contributed by atoms with van der Waals surface area (Å²) in [5, 5.41) is 4.65. The Kier molecular flexibility index (Phi) is 5.62. The highest BCUT2D eigenvalue weighted by atomic mass is 19.4. The van der Waals surface area contributed by atoms with Crippen LogP contribution in [-0.2, 0) is 19.6 Å². The lowest BCUT2D eigenvalue weighted by Gasteiger charge is -2.09. The Morgan fingerprint density at radius 1 is 0.971 bits per heavy atom. The van der Waals surface area contributed by atoms with Gasteiger partial charge >= 0.3 is 6.18 Å². The van der Waals surface area contributed by atoms with E-state index in [0.717, 1.165) is 28.5 Å². The first-order valence-corrected chi connectivity index (χ1v) is 11.2.